The number of benzene rings is 4. The smallest absolute Gasteiger partial charge is 0.277 e. The largest absolute Gasteiger partial charge is 0.492 e. The molecule has 2 aliphatic heterocycles. The quantitative estimate of drug-likeness (QED) is 0.0946. The van der Waals surface area contributed by atoms with Crippen molar-refractivity contribution >= 4 is 67.1 Å². The fourth-order valence-electron chi connectivity index (χ4n) is 8.92. The molecule has 9 rings (SSSR count). The van der Waals surface area contributed by atoms with Gasteiger partial charge in [0.2, 0.25) is 0 Å². The van der Waals surface area contributed by atoms with Crippen molar-refractivity contribution in [1.29, 1.82) is 0 Å². The number of nitro benzene ring substituents is 1. The van der Waals surface area contributed by atoms with E-state index in [2.05, 4.69) is 50.5 Å². The Labute approximate surface area is 381 Å². The molecule has 0 unspecified atom stereocenters. The normalized spacial score (nSPS) is 17.8. The Hall–Kier alpha value is -5.93. The second kappa shape index (κ2) is 17.6. The number of anilines is 1. The van der Waals surface area contributed by atoms with Crippen LogP contribution in [-0.2, 0) is 16.4 Å². The number of piperazine rings is 1. The van der Waals surface area contributed by atoms with Gasteiger partial charge in [-0.25, -0.2) is 18.1 Å². The van der Waals surface area contributed by atoms with Crippen molar-refractivity contribution in [3.63, 3.8) is 0 Å². The molecule has 13 nitrogen and oxygen atoms in total. The molecule has 2 aromatic heterocycles. The average Bonchev–Trinajstić information content (AvgIpc) is 3.75. The molecular weight excluding hydrogens is 876 g/mol. The fourth-order valence-corrected chi connectivity index (χ4v) is 10.2. The van der Waals surface area contributed by atoms with Crippen molar-refractivity contribution in [2.24, 2.45) is 5.41 Å². The Kier molecular flexibility index (Phi) is 11.9. The Morgan fingerprint density at radius 2 is 1.72 bits per heavy atom. The number of halogens is 2. The van der Waals surface area contributed by atoms with Crippen LogP contribution in [0.2, 0.25) is 10.0 Å². The zero-order chi connectivity index (χ0) is 44.8. The highest BCUT2D eigenvalue weighted by atomic mass is 35.5. The Morgan fingerprint density at radius 3 is 2.45 bits per heavy atom. The van der Waals surface area contributed by atoms with Gasteiger partial charge in [-0.1, -0.05) is 66.9 Å². The van der Waals surface area contributed by atoms with Gasteiger partial charge < -0.3 is 19.4 Å². The number of carbonyl (C=O) groups is 1. The first-order valence-electron chi connectivity index (χ1n) is 21.1. The van der Waals surface area contributed by atoms with Gasteiger partial charge in [0.15, 0.2) is 0 Å². The van der Waals surface area contributed by atoms with Gasteiger partial charge in [0.05, 0.1) is 33.7 Å². The van der Waals surface area contributed by atoms with E-state index in [1.807, 2.05) is 30.3 Å². The average molecular weight is 922 g/mol. The number of ether oxygens (including phenoxy) is 2. The van der Waals surface area contributed by atoms with E-state index in [1.54, 1.807) is 36.5 Å². The number of nitrogens with zero attached hydrogens (tertiary/aromatic N) is 4. The van der Waals surface area contributed by atoms with Crippen LogP contribution in [0, 0.1) is 15.5 Å². The van der Waals surface area contributed by atoms with E-state index >= 15 is 0 Å². The van der Waals surface area contributed by atoms with E-state index in [0.29, 0.717) is 29.5 Å². The highest BCUT2D eigenvalue weighted by Crippen LogP contribution is 2.44. The molecule has 64 heavy (non-hydrogen) atoms. The van der Waals surface area contributed by atoms with Gasteiger partial charge >= 0.3 is 0 Å². The van der Waals surface area contributed by atoms with Crippen LogP contribution in [-0.4, -0.2) is 73.4 Å². The molecule has 16 heteroatoms. The lowest BCUT2D eigenvalue weighted by molar-refractivity contribution is -0.386. The van der Waals surface area contributed by atoms with Gasteiger partial charge in [0.25, 0.3) is 21.6 Å². The predicted molar refractivity (Wildman–Crippen MR) is 248 cm³/mol. The summed E-state index contributed by atoms with van der Waals surface area (Å²) in [4.78, 5) is 37.5. The number of hydrogen-bond acceptors (Lipinski definition) is 10. The second-order valence-electron chi connectivity index (χ2n) is 17.4. The van der Waals surface area contributed by atoms with Crippen molar-refractivity contribution in [3.05, 3.63) is 151 Å². The van der Waals surface area contributed by atoms with Crippen LogP contribution >= 0.6 is 23.2 Å². The van der Waals surface area contributed by atoms with E-state index in [-0.39, 0.29) is 47.0 Å². The molecule has 2 N–H and O–H groups in total. The predicted octanol–water partition coefficient (Wildman–Crippen LogP) is 10.2. The summed E-state index contributed by atoms with van der Waals surface area (Å²) in [5.74, 6) is -0.683. The second-order valence-corrected chi connectivity index (χ2v) is 20.0. The number of sulfonamides is 1. The van der Waals surface area contributed by atoms with Crippen LogP contribution in [0.5, 0.6) is 17.2 Å². The van der Waals surface area contributed by atoms with Crippen LogP contribution < -0.4 is 19.1 Å². The molecule has 1 saturated heterocycles. The van der Waals surface area contributed by atoms with E-state index in [4.69, 9.17) is 32.7 Å². The van der Waals surface area contributed by atoms with Crippen molar-refractivity contribution in [1.82, 2.24) is 19.6 Å². The fraction of sp³-hybridized carbons (Fsp3) is 0.292. The maximum absolute atomic E-state index is 14.1. The van der Waals surface area contributed by atoms with E-state index < -0.39 is 31.4 Å². The molecule has 1 atom stereocenters. The summed E-state index contributed by atoms with van der Waals surface area (Å²) >= 11 is 12.3. The lowest BCUT2D eigenvalue weighted by atomic mass is 9.72. The number of amides is 1. The number of nitrogens with one attached hydrogen (secondary N) is 2. The van der Waals surface area contributed by atoms with Crippen LogP contribution in [0.3, 0.4) is 0 Å². The summed E-state index contributed by atoms with van der Waals surface area (Å²) in [6.45, 7) is 8.74. The van der Waals surface area contributed by atoms with Gasteiger partial charge in [-0.3, -0.25) is 19.8 Å². The summed E-state index contributed by atoms with van der Waals surface area (Å²) in [5.41, 5.74) is 6.42. The van der Waals surface area contributed by atoms with E-state index in [0.717, 1.165) is 66.6 Å². The number of carbonyl (C=O) groups excluding carboxylic acids is 1. The Balaban J connectivity index is 0.953. The number of nitro groups is 1. The van der Waals surface area contributed by atoms with Crippen molar-refractivity contribution in [2.45, 2.75) is 50.3 Å². The zero-order valence-corrected chi connectivity index (χ0v) is 37.6. The first-order chi connectivity index (χ1) is 30.7. The number of fused-ring (bicyclic) bond motifs is 2. The molecule has 1 aliphatic carbocycles. The molecule has 0 saturated carbocycles. The molecule has 4 aromatic carbocycles. The maximum atomic E-state index is 14.1. The van der Waals surface area contributed by atoms with Gasteiger partial charge in [-0.2, -0.15) is 0 Å². The lowest BCUT2D eigenvalue weighted by Gasteiger charge is -2.39. The molecule has 3 aliphatic rings. The third kappa shape index (κ3) is 9.32. The van der Waals surface area contributed by atoms with Crippen LogP contribution in [0.4, 0.5) is 11.4 Å². The SMILES string of the molecule is CC1(C)CCC(CN2CCN(c3ccc(C(=O)NS(=O)(=O)c4cc5c(c([N+](=O)[O-])c4)C[C@@H](c4ccc(Cl)cc4)CO5)c(Oc4cnc5[nH]ccc5c4)c3)CC2)=C(c2ccc(Cl)cc2)C1. The molecule has 4 heterocycles. The highest BCUT2D eigenvalue weighted by Gasteiger charge is 2.34. The minimum absolute atomic E-state index is 0.0588. The molecule has 6 aromatic rings. The first-order valence-corrected chi connectivity index (χ1v) is 23.4. The maximum Gasteiger partial charge on any atom is 0.277 e. The van der Waals surface area contributed by atoms with E-state index in [9.17, 15) is 23.3 Å². The van der Waals surface area contributed by atoms with Gasteiger partial charge in [-0.15, -0.1) is 0 Å². The molecular formula is C48H46Cl2N6O7S. The number of rotatable bonds is 11. The van der Waals surface area contributed by atoms with Crippen molar-refractivity contribution < 1.29 is 27.6 Å². The topological polar surface area (TPSA) is 160 Å². The third-order valence-electron chi connectivity index (χ3n) is 12.5. The molecule has 1 amide bonds. The summed E-state index contributed by atoms with van der Waals surface area (Å²) in [6, 6.07) is 26.1. The van der Waals surface area contributed by atoms with Crippen LogP contribution in [0.25, 0.3) is 16.6 Å². The van der Waals surface area contributed by atoms with Gasteiger partial charge in [-0.05, 0) is 96.3 Å². The standard InChI is InChI=1S/C48H46Cl2N6O7S/c1-48(2)15-13-33(42(26-48)31-5-9-36(50)10-6-31)28-54-17-19-55(20-18-54)37-11-12-40(45(23-37)63-38-21-32-14-16-51-46(32)52-27-38)47(57)53-64(60,61)39-24-43(56(58)59)41-22-34(29-62-44(41)25-39)30-3-7-35(49)8-4-30/h3-12,14,16,21,23-25,27,34H,13,15,17-20,22,26,28-29H2,1-2H3,(H,51,52)(H,53,57)/t34-/m1/s1. The zero-order valence-electron chi connectivity index (χ0n) is 35.3. The number of hydrogen-bond donors (Lipinski definition) is 2. The lowest BCUT2D eigenvalue weighted by Crippen LogP contribution is -2.47. The summed E-state index contributed by atoms with van der Waals surface area (Å²) in [7, 11) is -4.65. The monoisotopic (exact) mass is 920 g/mol. The molecule has 330 valence electrons. The van der Waals surface area contributed by atoms with Crippen LogP contribution in [0.15, 0.2) is 114 Å². The number of aromatic amines is 1. The molecule has 0 spiro atoms. The van der Waals surface area contributed by atoms with E-state index in [1.165, 1.54) is 35.0 Å². The number of allylic oxidation sites excluding steroid dienone is 1. The third-order valence-corrected chi connectivity index (χ3v) is 14.3. The number of aromatic nitrogens is 2. The first kappa shape index (κ1) is 43.3. The number of pyridine rings is 1. The molecule has 0 bridgehead atoms. The molecule has 0 radical (unpaired) electrons. The highest BCUT2D eigenvalue weighted by molar-refractivity contribution is 7.90. The van der Waals surface area contributed by atoms with Gasteiger partial charge in [0, 0.05) is 84.2 Å². The van der Waals surface area contributed by atoms with Gasteiger partial charge in [0.1, 0.15) is 22.9 Å². The summed E-state index contributed by atoms with van der Waals surface area (Å²) < 4.78 is 42.2. The van der Waals surface area contributed by atoms with Crippen molar-refractivity contribution in [2.75, 3.05) is 44.2 Å². The van der Waals surface area contributed by atoms with Crippen LogP contribution in [0.1, 0.15) is 66.1 Å². The Bertz CT molecular complexity index is 2910. The number of H-pyrrole nitrogens is 1. The van der Waals surface area contributed by atoms with Crippen molar-refractivity contribution in [3.8, 4) is 17.2 Å². The summed E-state index contributed by atoms with van der Waals surface area (Å²) in [6.07, 6.45) is 6.69. The Morgan fingerprint density at radius 1 is 0.984 bits per heavy atom. The molecule has 1 fully saturated rings. The minimum Gasteiger partial charge on any atom is -0.492 e. The minimum atomic E-state index is -4.65. The summed E-state index contributed by atoms with van der Waals surface area (Å²) in [5, 5.41) is 14.4.